The zero-order valence-electron chi connectivity index (χ0n) is 11.6. The van der Waals surface area contributed by atoms with Gasteiger partial charge in [0, 0.05) is 5.56 Å². The van der Waals surface area contributed by atoms with E-state index in [1.54, 1.807) is 12.1 Å². The molecule has 4 heteroatoms. The number of benzene rings is 2. The van der Waals surface area contributed by atoms with Crippen LogP contribution in [0.3, 0.4) is 0 Å². The van der Waals surface area contributed by atoms with E-state index in [1.165, 1.54) is 11.1 Å². The van der Waals surface area contributed by atoms with Crippen LogP contribution < -0.4 is 16.0 Å². The summed E-state index contributed by atoms with van der Waals surface area (Å²) in [6.45, 7) is 4.55. The molecule has 2 aromatic rings. The van der Waals surface area contributed by atoms with Crippen LogP contribution in [0.25, 0.3) is 0 Å². The van der Waals surface area contributed by atoms with Crippen molar-refractivity contribution in [1.29, 1.82) is 0 Å². The van der Waals surface area contributed by atoms with Crippen LogP contribution in [-0.4, -0.2) is 5.91 Å². The van der Waals surface area contributed by atoms with Crippen molar-refractivity contribution in [2.24, 2.45) is 5.84 Å². The van der Waals surface area contributed by atoms with Gasteiger partial charge in [0.05, 0.1) is 0 Å². The summed E-state index contributed by atoms with van der Waals surface area (Å²) in [4.78, 5) is 11.3. The van der Waals surface area contributed by atoms with E-state index in [0.29, 0.717) is 12.2 Å². The second-order valence-corrected chi connectivity index (χ2v) is 4.78. The van der Waals surface area contributed by atoms with Gasteiger partial charge in [-0.15, -0.1) is 0 Å². The number of hydrogen-bond acceptors (Lipinski definition) is 3. The molecule has 0 fully saturated rings. The first-order chi connectivity index (χ1) is 9.58. The quantitative estimate of drug-likeness (QED) is 0.509. The number of hydrogen-bond donors (Lipinski definition) is 2. The number of hydrazine groups is 1. The molecule has 0 aliphatic rings. The molecule has 0 bridgehead atoms. The van der Waals surface area contributed by atoms with E-state index in [2.05, 4.69) is 11.5 Å². The third kappa shape index (κ3) is 3.59. The highest BCUT2D eigenvalue weighted by Crippen LogP contribution is 2.17. The van der Waals surface area contributed by atoms with Crippen LogP contribution in [0.5, 0.6) is 5.75 Å². The molecule has 0 heterocycles. The Hall–Kier alpha value is -2.33. The zero-order chi connectivity index (χ0) is 14.5. The summed E-state index contributed by atoms with van der Waals surface area (Å²) in [5.74, 6) is 5.63. The highest BCUT2D eigenvalue weighted by Gasteiger charge is 2.03. The van der Waals surface area contributed by atoms with Gasteiger partial charge in [-0.25, -0.2) is 5.84 Å². The van der Waals surface area contributed by atoms with Crippen LogP contribution >= 0.6 is 0 Å². The molecule has 0 saturated carbocycles. The normalized spacial score (nSPS) is 10.2. The van der Waals surface area contributed by atoms with Crippen molar-refractivity contribution >= 4 is 5.91 Å². The van der Waals surface area contributed by atoms with Gasteiger partial charge in [-0.3, -0.25) is 10.2 Å². The lowest BCUT2D eigenvalue weighted by atomic mass is 10.1. The van der Waals surface area contributed by atoms with Crippen LogP contribution in [-0.2, 0) is 6.61 Å². The van der Waals surface area contributed by atoms with E-state index in [0.717, 1.165) is 11.3 Å². The highest BCUT2D eigenvalue weighted by molar-refractivity contribution is 5.93. The number of carbonyl (C=O) groups excluding carboxylic acids is 1. The van der Waals surface area contributed by atoms with Gasteiger partial charge >= 0.3 is 0 Å². The molecule has 0 radical (unpaired) electrons. The third-order valence-electron chi connectivity index (χ3n) is 2.95. The molecule has 0 aromatic heterocycles. The van der Waals surface area contributed by atoms with Crippen molar-refractivity contribution in [3.05, 3.63) is 64.7 Å². The lowest BCUT2D eigenvalue weighted by Crippen LogP contribution is -2.29. The van der Waals surface area contributed by atoms with Crippen LogP contribution in [0.4, 0.5) is 0 Å². The monoisotopic (exact) mass is 270 g/mol. The van der Waals surface area contributed by atoms with Gasteiger partial charge in [0.1, 0.15) is 12.4 Å². The first kappa shape index (κ1) is 14.1. The lowest BCUT2D eigenvalue weighted by molar-refractivity contribution is 0.0953. The molecular weight excluding hydrogens is 252 g/mol. The summed E-state index contributed by atoms with van der Waals surface area (Å²) in [5.41, 5.74) is 5.98. The number of nitrogens with two attached hydrogens (primary N) is 1. The summed E-state index contributed by atoms with van der Waals surface area (Å²) in [7, 11) is 0. The minimum absolute atomic E-state index is 0.299. The van der Waals surface area contributed by atoms with Crippen molar-refractivity contribution in [1.82, 2.24) is 5.43 Å². The number of nitrogens with one attached hydrogen (secondary N) is 1. The molecule has 1 amide bonds. The fourth-order valence-corrected chi connectivity index (χ4v) is 2.02. The fourth-order valence-electron chi connectivity index (χ4n) is 2.02. The van der Waals surface area contributed by atoms with E-state index < -0.39 is 0 Å². The predicted octanol–water partition coefficient (Wildman–Crippen LogP) is 2.49. The van der Waals surface area contributed by atoms with E-state index >= 15 is 0 Å². The van der Waals surface area contributed by atoms with E-state index in [-0.39, 0.29) is 5.91 Å². The molecule has 2 aromatic carbocycles. The van der Waals surface area contributed by atoms with E-state index in [9.17, 15) is 4.79 Å². The minimum atomic E-state index is -0.299. The SMILES string of the molecule is Cc1cc(C)cc(OCc2ccc(C(=O)NN)cc2)c1. The van der Waals surface area contributed by atoms with Crippen molar-refractivity contribution < 1.29 is 9.53 Å². The molecule has 0 aliphatic heterocycles. The maximum Gasteiger partial charge on any atom is 0.265 e. The van der Waals surface area contributed by atoms with Gasteiger partial charge in [-0.1, -0.05) is 18.2 Å². The van der Waals surface area contributed by atoms with Crippen molar-refractivity contribution in [2.75, 3.05) is 0 Å². The fraction of sp³-hybridized carbons (Fsp3) is 0.188. The summed E-state index contributed by atoms with van der Waals surface area (Å²) < 4.78 is 5.76. The average molecular weight is 270 g/mol. The number of nitrogen functional groups attached to an aromatic ring is 1. The second kappa shape index (κ2) is 6.21. The maximum atomic E-state index is 11.3. The molecule has 2 rings (SSSR count). The van der Waals surface area contributed by atoms with Crippen molar-refractivity contribution in [2.45, 2.75) is 20.5 Å². The van der Waals surface area contributed by atoms with Crippen LogP contribution in [0.1, 0.15) is 27.0 Å². The van der Waals surface area contributed by atoms with E-state index in [1.807, 2.05) is 38.1 Å². The van der Waals surface area contributed by atoms with Gasteiger partial charge in [0.25, 0.3) is 5.91 Å². The summed E-state index contributed by atoms with van der Waals surface area (Å²) in [6, 6.07) is 13.3. The van der Waals surface area contributed by atoms with E-state index in [4.69, 9.17) is 10.6 Å². The summed E-state index contributed by atoms with van der Waals surface area (Å²) in [5, 5.41) is 0. The maximum absolute atomic E-state index is 11.3. The zero-order valence-corrected chi connectivity index (χ0v) is 11.6. The number of amides is 1. The topological polar surface area (TPSA) is 64.3 Å². The Morgan fingerprint density at radius 1 is 1.10 bits per heavy atom. The molecule has 0 atom stereocenters. The molecule has 0 saturated heterocycles. The first-order valence-corrected chi connectivity index (χ1v) is 6.39. The second-order valence-electron chi connectivity index (χ2n) is 4.78. The Kier molecular flexibility index (Phi) is 4.38. The molecule has 0 spiro atoms. The Labute approximate surface area is 118 Å². The summed E-state index contributed by atoms with van der Waals surface area (Å²) in [6.07, 6.45) is 0. The van der Waals surface area contributed by atoms with Crippen LogP contribution in [0.15, 0.2) is 42.5 Å². The van der Waals surface area contributed by atoms with Crippen LogP contribution in [0, 0.1) is 13.8 Å². The minimum Gasteiger partial charge on any atom is -0.489 e. The Bertz CT molecular complexity index is 586. The number of ether oxygens (including phenoxy) is 1. The molecule has 4 nitrogen and oxygen atoms in total. The molecule has 0 unspecified atom stereocenters. The molecule has 20 heavy (non-hydrogen) atoms. The van der Waals surface area contributed by atoms with Gasteiger partial charge in [-0.05, 0) is 54.8 Å². The van der Waals surface area contributed by atoms with Crippen molar-refractivity contribution in [3.63, 3.8) is 0 Å². The lowest BCUT2D eigenvalue weighted by Gasteiger charge is -2.09. The largest absolute Gasteiger partial charge is 0.489 e. The molecular formula is C16H18N2O2. The van der Waals surface area contributed by atoms with Gasteiger partial charge in [-0.2, -0.15) is 0 Å². The Morgan fingerprint density at radius 3 is 2.25 bits per heavy atom. The molecule has 104 valence electrons. The molecule has 3 N–H and O–H groups in total. The summed E-state index contributed by atoms with van der Waals surface area (Å²) >= 11 is 0. The first-order valence-electron chi connectivity index (χ1n) is 6.39. The smallest absolute Gasteiger partial charge is 0.265 e. The predicted molar refractivity (Wildman–Crippen MR) is 78.3 cm³/mol. The third-order valence-corrected chi connectivity index (χ3v) is 2.95. The average Bonchev–Trinajstić information content (AvgIpc) is 2.44. The van der Waals surface area contributed by atoms with Gasteiger partial charge in [0.2, 0.25) is 0 Å². The van der Waals surface area contributed by atoms with Crippen LogP contribution in [0.2, 0.25) is 0 Å². The number of aryl methyl sites for hydroxylation is 2. The van der Waals surface area contributed by atoms with Crippen molar-refractivity contribution in [3.8, 4) is 5.75 Å². The highest BCUT2D eigenvalue weighted by atomic mass is 16.5. The van der Waals surface area contributed by atoms with Gasteiger partial charge < -0.3 is 4.74 Å². The Balaban J connectivity index is 2.02. The standard InChI is InChI=1S/C16H18N2O2/c1-11-7-12(2)9-15(8-11)20-10-13-3-5-14(6-4-13)16(19)18-17/h3-9H,10,17H2,1-2H3,(H,18,19). The Morgan fingerprint density at radius 2 is 1.70 bits per heavy atom. The number of rotatable bonds is 4. The molecule has 0 aliphatic carbocycles. The van der Waals surface area contributed by atoms with Gasteiger partial charge in [0.15, 0.2) is 0 Å². The number of carbonyl (C=O) groups is 1.